The van der Waals surface area contributed by atoms with E-state index in [2.05, 4.69) is 28.5 Å². The molecule has 1 N–H and O–H groups in total. The third-order valence-electron chi connectivity index (χ3n) is 4.32. The first kappa shape index (κ1) is 13.0. The molecule has 22 heavy (non-hydrogen) atoms. The molecule has 0 radical (unpaired) electrons. The first-order chi connectivity index (χ1) is 10.8. The van der Waals surface area contributed by atoms with Gasteiger partial charge in [0.1, 0.15) is 0 Å². The Morgan fingerprint density at radius 2 is 1.91 bits per heavy atom. The van der Waals surface area contributed by atoms with Crippen LogP contribution in [0.2, 0.25) is 0 Å². The van der Waals surface area contributed by atoms with E-state index in [0.717, 1.165) is 23.7 Å². The summed E-state index contributed by atoms with van der Waals surface area (Å²) < 4.78 is 0. The topological polar surface area (TPSA) is 42.0 Å². The fourth-order valence-electron chi connectivity index (χ4n) is 3.23. The summed E-state index contributed by atoms with van der Waals surface area (Å²) in [4.78, 5) is 17.0. The van der Waals surface area contributed by atoms with Gasteiger partial charge in [0.25, 0.3) is 5.91 Å². The Labute approximate surface area is 129 Å². The Bertz CT molecular complexity index is 851. The molecule has 2 aromatic carbocycles. The number of para-hydroxylation sites is 1. The van der Waals surface area contributed by atoms with E-state index in [0.29, 0.717) is 5.56 Å². The van der Waals surface area contributed by atoms with Crippen LogP contribution in [0.4, 0.5) is 0 Å². The van der Waals surface area contributed by atoms with Gasteiger partial charge in [-0.1, -0.05) is 42.5 Å². The molecule has 0 spiro atoms. The van der Waals surface area contributed by atoms with Crippen LogP contribution in [0.15, 0.2) is 60.8 Å². The molecule has 1 aromatic heterocycles. The smallest absolute Gasteiger partial charge is 0.253 e. The van der Waals surface area contributed by atoms with Crippen molar-refractivity contribution in [2.75, 3.05) is 0 Å². The average Bonchev–Trinajstić information content (AvgIpc) is 2.97. The van der Waals surface area contributed by atoms with Crippen LogP contribution in [-0.4, -0.2) is 10.9 Å². The number of hydrogen-bond donors (Lipinski definition) is 1. The number of pyridine rings is 1. The van der Waals surface area contributed by atoms with Crippen molar-refractivity contribution in [1.29, 1.82) is 0 Å². The monoisotopic (exact) mass is 288 g/mol. The Morgan fingerprint density at radius 3 is 2.86 bits per heavy atom. The molecule has 3 aromatic rings. The number of carbonyl (C=O) groups is 1. The van der Waals surface area contributed by atoms with Crippen LogP contribution in [-0.2, 0) is 6.42 Å². The van der Waals surface area contributed by atoms with E-state index in [1.807, 2.05) is 36.4 Å². The number of fused-ring (bicyclic) bond motifs is 2. The number of nitrogens with one attached hydrogen (secondary N) is 1. The first-order valence-electron chi connectivity index (χ1n) is 7.55. The molecule has 4 rings (SSSR count). The van der Waals surface area contributed by atoms with Gasteiger partial charge in [-0.2, -0.15) is 0 Å². The van der Waals surface area contributed by atoms with Crippen LogP contribution >= 0.6 is 0 Å². The number of benzene rings is 2. The maximum atomic E-state index is 12.7. The Balaban J connectivity index is 1.65. The third kappa shape index (κ3) is 2.15. The van der Waals surface area contributed by atoms with E-state index in [1.165, 1.54) is 11.1 Å². The molecule has 0 saturated carbocycles. The zero-order valence-corrected chi connectivity index (χ0v) is 12.1. The number of amides is 1. The second kappa shape index (κ2) is 5.26. The molecule has 1 unspecified atom stereocenters. The molecule has 0 fully saturated rings. The quantitative estimate of drug-likeness (QED) is 0.782. The summed E-state index contributed by atoms with van der Waals surface area (Å²) in [6.07, 6.45) is 3.71. The van der Waals surface area contributed by atoms with Gasteiger partial charge in [0.05, 0.1) is 17.1 Å². The van der Waals surface area contributed by atoms with Gasteiger partial charge in [0.2, 0.25) is 0 Å². The van der Waals surface area contributed by atoms with Crippen molar-refractivity contribution >= 4 is 16.8 Å². The maximum Gasteiger partial charge on any atom is 0.253 e. The number of aromatic nitrogens is 1. The molecule has 3 nitrogen and oxygen atoms in total. The van der Waals surface area contributed by atoms with Gasteiger partial charge in [-0.05, 0) is 36.1 Å². The van der Waals surface area contributed by atoms with Crippen molar-refractivity contribution in [1.82, 2.24) is 10.3 Å². The van der Waals surface area contributed by atoms with Crippen LogP contribution in [0.25, 0.3) is 10.9 Å². The summed E-state index contributed by atoms with van der Waals surface area (Å²) in [5, 5.41) is 4.15. The predicted molar refractivity (Wildman–Crippen MR) is 86.7 cm³/mol. The molecule has 1 aliphatic rings. The fraction of sp³-hybridized carbons (Fsp3) is 0.158. The van der Waals surface area contributed by atoms with Crippen molar-refractivity contribution in [2.45, 2.75) is 18.9 Å². The third-order valence-corrected chi connectivity index (χ3v) is 4.32. The van der Waals surface area contributed by atoms with Crippen LogP contribution < -0.4 is 5.32 Å². The number of aryl methyl sites for hydroxylation is 1. The fourth-order valence-corrected chi connectivity index (χ4v) is 3.23. The van der Waals surface area contributed by atoms with Gasteiger partial charge >= 0.3 is 0 Å². The highest BCUT2D eigenvalue weighted by Crippen LogP contribution is 2.31. The minimum atomic E-state index is -0.0500. The van der Waals surface area contributed by atoms with Crippen molar-refractivity contribution in [3.05, 3.63) is 77.5 Å². The van der Waals surface area contributed by atoms with E-state index in [-0.39, 0.29) is 11.9 Å². The number of carbonyl (C=O) groups excluding carboxylic acids is 1. The zero-order valence-electron chi connectivity index (χ0n) is 12.1. The van der Waals surface area contributed by atoms with Gasteiger partial charge < -0.3 is 5.32 Å². The maximum absolute atomic E-state index is 12.7. The molecule has 1 heterocycles. The lowest BCUT2D eigenvalue weighted by molar-refractivity contribution is 0.0938. The van der Waals surface area contributed by atoms with Crippen LogP contribution in [0.3, 0.4) is 0 Å². The molecule has 0 aliphatic heterocycles. The molecule has 3 heteroatoms. The predicted octanol–water partition coefficient (Wildman–Crippen LogP) is 3.65. The van der Waals surface area contributed by atoms with E-state index in [4.69, 9.17) is 0 Å². The van der Waals surface area contributed by atoms with Gasteiger partial charge in [0.15, 0.2) is 0 Å². The van der Waals surface area contributed by atoms with Crippen LogP contribution in [0, 0.1) is 0 Å². The number of rotatable bonds is 2. The van der Waals surface area contributed by atoms with E-state index >= 15 is 0 Å². The van der Waals surface area contributed by atoms with Crippen LogP contribution in [0.5, 0.6) is 0 Å². The summed E-state index contributed by atoms with van der Waals surface area (Å²) in [7, 11) is 0. The second-order valence-electron chi connectivity index (χ2n) is 5.64. The van der Waals surface area contributed by atoms with Crippen molar-refractivity contribution in [3.8, 4) is 0 Å². The molecule has 0 saturated heterocycles. The largest absolute Gasteiger partial charge is 0.345 e. The van der Waals surface area contributed by atoms with Crippen molar-refractivity contribution in [3.63, 3.8) is 0 Å². The first-order valence-corrected chi connectivity index (χ1v) is 7.55. The minimum absolute atomic E-state index is 0.0500. The molecular weight excluding hydrogens is 272 g/mol. The summed E-state index contributed by atoms with van der Waals surface area (Å²) in [6.45, 7) is 0. The molecule has 1 amide bonds. The molecular formula is C19H16N2O. The van der Waals surface area contributed by atoms with Gasteiger partial charge in [-0.3, -0.25) is 9.78 Å². The summed E-state index contributed by atoms with van der Waals surface area (Å²) in [5.74, 6) is -0.0500. The van der Waals surface area contributed by atoms with Gasteiger partial charge in [-0.25, -0.2) is 0 Å². The molecule has 1 atom stereocenters. The zero-order chi connectivity index (χ0) is 14.9. The summed E-state index contributed by atoms with van der Waals surface area (Å²) >= 11 is 0. The Kier molecular flexibility index (Phi) is 3.11. The van der Waals surface area contributed by atoms with Crippen molar-refractivity contribution in [2.24, 2.45) is 0 Å². The highest BCUT2D eigenvalue weighted by Gasteiger charge is 2.24. The van der Waals surface area contributed by atoms with Gasteiger partial charge in [-0.15, -0.1) is 0 Å². The van der Waals surface area contributed by atoms with E-state index in [9.17, 15) is 4.79 Å². The van der Waals surface area contributed by atoms with Crippen LogP contribution in [0.1, 0.15) is 33.9 Å². The highest BCUT2D eigenvalue weighted by molar-refractivity contribution is 6.05. The Morgan fingerprint density at radius 1 is 1.05 bits per heavy atom. The van der Waals surface area contributed by atoms with Gasteiger partial charge in [0, 0.05) is 11.6 Å². The molecule has 1 aliphatic carbocycles. The lowest BCUT2D eigenvalue weighted by atomic mass is 10.1. The lowest BCUT2D eigenvalue weighted by Gasteiger charge is -2.15. The second-order valence-corrected chi connectivity index (χ2v) is 5.64. The standard InChI is InChI=1S/C19H16N2O/c22-19(16-9-3-6-14-7-4-12-20-18(14)16)21-17-11-10-13-5-1-2-8-15(13)17/h1-9,12,17H,10-11H2,(H,21,22). The molecule has 0 bridgehead atoms. The van der Waals surface area contributed by atoms with E-state index in [1.54, 1.807) is 6.20 Å². The number of nitrogens with zero attached hydrogens (tertiary/aromatic N) is 1. The van der Waals surface area contributed by atoms with E-state index < -0.39 is 0 Å². The molecule has 108 valence electrons. The van der Waals surface area contributed by atoms with Crippen molar-refractivity contribution < 1.29 is 4.79 Å². The number of hydrogen-bond acceptors (Lipinski definition) is 2. The average molecular weight is 288 g/mol. The highest BCUT2D eigenvalue weighted by atomic mass is 16.1. The normalized spacial score (nSPS) is 16.5. The SMILES string of the molecule is O=C(NC1CCc2ccccc21)c1cccc2cccnc12. The summed E-state index contributed by atoms with van der Waals surface area (Å²) in [6, 6.07) is 18.0. The minimum Gasteiger partial charge on any atom is -0.345 e. The Hall–Kier alpha value is -2.68. The lowest BCUT2D eigenvalue weighted by Crippen LogP contribution is -2.27. The summed E-state index contributed by atoms with van der Waals surface area (Å²) in [5.41, 5.74) is 3.98.